The minimum absolute atomic E-state index is 0.0434. The number of rotatable bonds is 8. The molecule has 2 fully saturated rings. The Morgan fingerprint density at radius 3 is 1.95 bits per heavy atom. The van der Waals surface area contributed by atoms with Gasteiger partial charge in [-0.15, -0.1) is 0 Å². The zero-order chi connectivity index (χ0) is 25.5. The first-order valence-electron chi connectivity index (χ1n) is 13.0. The molecule has 0 bridgehead atoms. The number of hydrogen-bond donors (Lipinski definition) is 1. The Morgan fingerprint density at radius 1 is 0.838 bits per heavy atom. The van der Waals surface area contributed by atoms with Crippen LogP contribution in [-0.4, -0.2) is 60.2 Å². The van der Waals surface area contributed by atoms with E-state index < -0.39 is 5.54 Å². The summed E-state index contributed by atoms with van der Waals surface area (Å²) in [7, 11) is 0. The molecule has 2 heterocycles. The summed E-state index contributed by atoms with van der Waals surface area (Å²) in [6, 6.07) is 30.7. The molecular weight excluding hydrogens is 464 g/mol. The van der Waals surface area contributed by atoms with Gasteiger partial charge in [0.2, 0.25) is 5.91 Å². The molecule has 1 spiro atoms. The van der Waals surface area contributed by atoms with Gasteiger partial charge in [-0.05, 0) is 36.1 Å². The van der Waals surface area contributed by atoms with Crippen LogP contribution in [0.15, 0.2) is 91.0 Å². The highest BCUT2D eigenvalue weighted by molar-refractivity contribution is 5.93. The smallest absolute Gasteiger partial charge is 0.409 e. The van der Waals surface area contributed by atoms with Gasteiger partial charge in [0, 0.05) is 38.4 Å². The number of piperidine rings is 1. The van der Waals surface area contributed by atoms with Gasteiger partial charge in [0.1, 0.15) is 12.1 Å². The van der Waals surface area contributed by atoms with Crippen LogP contribution >= 0.6 is 0 Å². The Hall–Kier alpha value is -3.84. The van der Waals surface area contributed by atoms with Gasteiger partial charge in [-0.1, -0.05) is 78.9 Å². The van der Waals surface area contributed by atoms with Gasteiger partial charge in [-0.25, -0.2) is 4.79 Å². The molecule has 3 aromatic rings. The van der Waals surface area contributed by atoms with Crippen molar-refractivity contribution in [1.82, 2.24) is 15.1 Å². The molecule has 0 radical (unpaired) electrons. The fourth-order valence-electron chi connectivity index (χ4n) is 5.34. The first kappa shape index (κ1) is 24.8. The van der Waals surface area contributed by atoms with E-state index in [9.17, 15) is 9.59 Å². The lowest BCUT2D eigenvalue weighted by atomic mass is 9.86. The summed E-state index contributed by atoms with van der Waals surface area (Å²) in [5.74, 6) is 0.0434. The number of benzene rings is 3. The van der Waals surface area contributed by atoms with E-state index in [0.29, 0.717) is 45.8 Å². The minimum Gasteiger partial charge on any atom is -0.448 e. The highest BCUT2D eigenvalue weighted by Crippen LogP contribution is 2.36. The lowest BCUT2D eigenvalue weighted by molar-refractivity contribution is -0.125. The topological polar surface area (TPSA) is 65.1 Å². The number of nitrogens with zero attached hydrogens (tertiary/aromatic N) is 3. The van der Waals surface area contributed by atoms with Crippen LogP contribution in [-0.2, 0) is 22.6 Å². The molecule has 37 heavy (non-hydrogen) atoms. The highest BCUT2D eigenvalue weighted by atomic mass is 16.6. The molecule has 0 aromatic heterocycles. The lowest BCUT2D eigenvalue weighted by Gasteiger charge is -2.42. The third-order valence-electron chi connectivity index (χ3n) is 7.38. The molecule has 0 atom stereocenters. The van der Waals surface area contributed by atoms with Crippen LogP contribution in [0.25, 0.3) is 0 Å². The summed E-state index contributed by atoms with van der Waals surface area (Å²) in [4.78, 5) is 31.9. The highest BCUT2D eigenvalue weighted by Gasteiger charge is 2.51. The van der Waals surface area contributed by atoms with Crippen LogP contribution in [0, 0.1) is 0 Å². The van der Waals surface area contributed by atoms with E-state index >= 15 is 0 Å². The van der Waals surface area contributed by atoms with Crippen molar-refractivity contribution in [2.45, 2.75) is 31.5 Å². The van der Waals surface area contributed by atoms with E-state index in [1.807, 2.05) is 66.7 Å². The van der Waals surface area contributed by atoms with E-state index in [0.717, 1.165) is 18.8 Å². The summed E-state index contributed by atoms with van der Waals surface area (Å²) < 4.78 is 5.71. The van der Waals surface area contributed by atoms with Gasteiger partial charge < -0.3 is 19.9 Å². The maximum Gasteiger partial charge on any atom is 0.409 e. The molecule has 2 amide bonds. The number of para-hydroxylation sites is 1. The Balaban J connectivity index is 1.15. The second-order valence-corrected chi connectivity index (χ2v) is 9.74. The second kappa shape index (κ2) is 11.5. The maximum absolute atomic E-state index is 12.9. The molecule has 2 aliphatic heterocycles. The molecule has 0 saturated carbocycles. The van der Waals surface area contributed by atoms with Crippen LogP contribution in [0.3, 0.4) is 0 Å². The van der Waals surface area contributed by atoms with Crippen LogP contribution in [0.5, 0.6) is 0 Å². The van der Waals surface area contributed by atoms with Crippen molar-refractivity contribution < 1.29 is 14.3 Å². The number of hydrogen-bond acceptors (Lipinski definition) is 5. The monoisotopic (exact) mass is 498 g/mol. The van der Waals surface area contributed by atoms with Gasteiger partial charge in [0.15, 0.2) is 0 Å². The van der Waals surface area contributed by atoms with Crippen molar-refractivity contribution in [3.8, 4) is 0 Å². The molecule has 3 aromatic carbocycles. The molecule has 192 valence electrons. The second-order valence-electron chi connectivity index (χ2n) is 9.74. The third kappa shape index (κ3) is 5.78. The average molecular weight is 499 g/mol. The summed E-state index contributed by atoms with van der Waals surface area (Å²) >= 11 is 0. The summed E-state index contributed by atoms with van der Waals surface area (Å²) in [6.45, 7) is 3.99. The maximum atomic E-state index is 12.9. The predicted octanol–water partition coefficient (Wildman–Crippen LogP) is 4.25. The molecule has 0 aliphatic carbocycles. The Kier molecular flexibility index (Phi) is 7.70. The molecule has 5 rings (SSSR count). The first-order valence-corrected chi connectivity index (χ1v) is 13.0. The zero-order valence-electron chi connectivity index (χ0n) is 21.1. The van der Waals surface area contributed by atoms with Crippen LogP contribution in [0.1, 0.15) is 24.0 Å². The summed E-state index contributed by atoms with van der Waals surface area (Å²) in [6.07, 6.45) is 0.854. The van der Waals surface area contributed by atoms with Crippen molar-refractivity contribution in [3.05, 3.63) is 102 Å². The van der Waals surface area contributed by atoms with E-state index in [4.69, 9.17) is 4.74 Å². The van der Waals surface area contributed by atoms with E-state index in [-0.39, 0.29) is 12.0 Å². The summed E-state index contributed by atoms with van der Waals surface area (Å²) in [5, 5.41) is 3.01. The SMILES string of the molecule is O=C(OCCN(Cc1ccccc1)Cc1ccccc1)N1CCC2(CC1)C(=O)NCN2c1ccccc1. The van der Waals surface area contributed by atoms with Gasteiger partial charge in [0.05, 0.1) is 6.67 Å². The van der Waals surface area contributed by atoms with E-state index in [2.05, 4.69) is 39.4 Å². The zero-order valence-corrected chi connectivity index (χ0v) is 21.1. The van der Waals surface area contributed by atoms with E-state index in [1.54, 1.807) is 4.90 Å². The predicted molar refractivity (Wildman–Crippen MR) is 144 cm³/mol. The van der Waals surface area contributed by atoms with Crippen molar-refractivity contribution in [1.29, 1.82) is 0 Å². The first-order chi connectivity index (χ1) is 18.1. The van der Waals surface area contributed by atoms with Crippen molar-refractivity contribution in [3.63, 3.8) is 0 Å². The number of anilines is 1. The van der Waals surface area contributed by atoms with Gasteiger partial charge in [-0.3, -0.25) is 9.69 Å². The molecule has 0 unspecified atom stereocenters. The van der Waals surface area contributed by atoms with Gasteiger partial charge in [0.25, 0.3) is 0 Å². The molecular formula is C30H34N4O3. The van der Waals surface area contributed by atoms with Crippen molar-refractivity contribution in [2.24, 2.45) is 0 Å². The fourth-order valence-corrected chi connectivity index (χ4v) is 5.34. The van der Waals surface area contributed by atoms with Crippen LogP contribution < -0.4 is 10.2 Å². The number of carbonyl (C=O) groups excluding carboxylic acids is 2. The Morgan fingerprint density at radius 2 is 1.38 bits per heavy atom. The molecule has 1 N–H and O–H groups in total. The molecule has 2 saturated heterocycles. The Labute approximate surface area is 218 Å². The number of likely N-dealkylation sites (tertiary alicyclic amines) is 1. The number of amides is 2. The molecule has 2 aliphatic rings. The quantitative estimate of drug-likeness (QED) is 0.503. The average Bonchev–Trinajstić information content (AvgIpc) is 3.25. The Bertz CT molecular complexity index is 1120. The normalized spacial score (nSPS) is 16.7. The number of nitrogens with one attached hydrogen (secondary N) is 1. The van der Waals surface area contributed by atoms with Crippen LogP contribution in [0.4, 0.5) is 10.5 Å². The van der Waals surface area contributed by atoms with Crippen molar-refractivity contribution in [2.75, 3.05) is 37.8 Å². The number of ether oxygens (including phenoxy) is 1. The molecule has 7 heteroatoms. The lowest BCUT2D eigenvalue weighted by Crippen LogP contribution is -2.57. The number of carbonyl (C=O) groups is 2. The standard InChI is InChI=1S/C30H34N4O3/c35-28-30(34(24-31-28)27-14-8-3-9-15-27)16-18-33(19-17-30)29(36)37-21-20-32(22-25-10-4-1-5-11-25)23-26-12-6-2-7-13-26/h1-15H,16-24H2,(H,31,35). The van der Waals surface area contributed by atoms with Gasteiger partial charge in [-0.2, -0.15) is 0 Å². The van der Waals surface area contributed by atoms with E-state index in [1.165, 1.54) is 11.1 Å². The third-order valence-corrected chi connectivity index (χ3v) is 7.38. The van der Waals surface area contributed by atoms with Crippen molar-refractivity contribution >= 4 is 17.7 Å². The van der Waals surface area contributed by atoms with Crippen LogP contribution in [0.2, 0.25) is 0 Å². The molecule has 7 nitrogen and oxygen atoms in total. The minimum atomic E-state index is -0.611. The largest absolute Gasteiger partial charge is 0.448 e. The fraction of sp³-hybridized carbons (Fsp3) is 0.333. The van der Waals surface area contributed by atoms with Gasteiger partial charge >= 0.3 is 6.09 Å². The summed E-state index contributed by atoms with van der Waals surface area (Å²) in [5.41, 5.74) is 2.86.